The Morgan fingerprint density at radius 3 is 2.93 bits per heavy atom. The highest BCUT2D eigenvalue weighted by Gasteiger charge is 2.09. The number of ether oxygens (including phenoxy) is 1. The Bertz CT molecular complexity index is 344. The van der Waals surface area contributed by atoms with Crippen LogP contribution in [0.2, 0.25) is 0 Å². The van der Waals surface area contributed by atoms with E-state index >= 15 is 0 Å². The van der Waals surface area contributed by atoms with Crippen LogP contribution in [0.1, 0.15) is 11.3 Å². The zero-order valence-corrected chi connectivity index (χ0v) is 8.26. The van der Waals surface area contributed by atoms with Crippen LogP contribution in [0.4, 0.5) is 10.6 Å². The lowest BCUT2D eigenvalue weighted by Crippen LogP contribution is -2.14. The molecule has 14 heavy (non-hydrogen) atoms. The lowest BCUT2D eigenvalue weighted by Gasteiger charge is -2.02. The normalized spacial score (nSPS) is 9.57. The summed E-state index contributed by atoms with van der Waals surface area (Å²) in [6.45, 7) is 7.36. The van der Waals surface area contributed by atoms with Gasteiger partial charge in [-0.05, 0) is 13.8 Å². The molecule has 0 aliphatic carbocycles. The molecule has 0 radical (unpaired) electrons. The highest BCUT2D eigenvalue weighted by atomic mass is 16.5. The first-order valence-electron chi connectivity index (χ1n) is 4.21. The molecule has 0 spiro atoms. The topological polar surface area (TPSA) is 67.0 Å². The highest BCUT2D eigenvalue weighted by molar-refractivity contribution is 5.84. The molecule has 0 aliphatic rings. The molecular weight excluding hydrogens is 182 g/mol. The van der Waals surface area contributed by atoms with Crippen molar-refractivity contribution in [2.45, 2.75) is 13.8 Å². The molecule has 1 rings (SSSR count). The fourth-order valence-electron chi connectivity index (χ4n) is 0.874. The standard InChI is InChI=1S/C9H13N3O2/c1-4-5-14-9(13)10-8-6(2)7(3)11-12-8/h4H,1,5H2,2-3H3,(H2,10,11,12,13). The maximum Gasteiger partial charge on any atom is 0.413 e. The van der Waals surface area contributed by atoms with Gasteiger partial charge in [0, 0.05) is 11.3 Å². The van der Waals surface area contributed by atoms with Gasteiger partial charge in [0.05, 0.1) is 0 Å². The van der Waals surface area contributed by atoms with E-state index in [-0.39, 0.29) is 6.61 Å². The number of aromatic nitrogens is 2. The molecule has 0 atom stereocenters. The Morgan fingerprint density at radius 2 is 2.43 bits per heavy atom. The first-order chi connectivity index (χ1) is 6.65. The Balaban J connectivity index is 2.56. The minimum Gasteiger partial charge on any atom is -0.445 e. The van der Waals surface area contributed by atoms with Crippen LogP contribution in [0.15, 0.2) is 12.7 Å². The summed E-state index contributed by atoms with van der Waals surface area (Å²) in [7, 11) is 0. The predicted molar refractivity (Wildman–Crippen MR) is 53.2 cm³/mol. The lowest BCUT2D eigenvalue weighted by atomic mass is 10.3. The summed E-state index contributed by atoms with van der Waals surface area (Å²) in [6.07, 6.45) is 0.974. The number of nitrogens with zero attached hydrogens (tertiary/aromatic N) is 1. The Kier molecular flexibility index (Phi) is 3.28. The average molecular weight is 195 g/mol. The van der Waals surface area contributed by atoms with E-state index in [1.54, 1.807) is 0 Å². The molecule has 0 aromatic carbocycles. The number of aromatic amines is 1. The van der Waals surface area contributed by atoms with Crippen molar-refractivity contribution in [1.82, 2.24) is 10.2 Å². The summed E-state index contributed by atoms with van der Waals surface area (Å²) in [5.41, 5.74) is 1.82. The summed E-state index contributed by atoms with van der Waals surface area (Å²) in [4.78, 5) is 11.1. The van der Waals surface area contributed by atoms with Crippen LogP contribution in [0.3, 0.4) is 0 Å². The van der Waals surface area contributed by atoms with Crippen LogP contribution < -0.4 is 5.32 Å². The summed E-state index contributed by atoms with van der Waals surface area (Å²) in [5, 5.41) is 9.17. The van der Waals surface area contributed by atoms with Crippen molar-refractivity contribution in [3.63, 3.8) is 0 Å². The minimum atomic E-state index is -0.528. The maximum atomic E-state index is 11.1. The van der Waals surface area contributed by atoms with E-state index in [2.05, 4.69) is 22.1 Å². The third kappa shape index (κ3) is 2.35. The lowest BCUT2D eigenvalue weighted by molar-refractivity contribution is 0.174. The molecule has 5 nitrogen and oxygen atoms in total. The largest absolute Gasteiger partial charge is 0.445 e. The second-order valence-electron chi connectivity index (χ2n) is 2.83. The molecule has 2 N–H and O–H groups in total. The van der Waals surface area contributed by atoms with Crippen molar-refractivity contribution in [1.29, 1.82) is 0 Å². The SMILES string of the molecule is C=CCOC(=O)Nc1n[nH]c(C)c1C. The van der Waals surface area contributed by atoms with Gasteiger partial charge in [0.2, 0.25) is 0 Å². The number of carbonyl (C=O) groups excluding carboxylic acids is 1. The van der Waals surface area contributed by atoms with Gasteiger partial charge in [-0.2, -0.15) is 5.10 Å². The number of aryl methyl sites for hydroxylation is 1. The van der Waals surface area contributed by atoms with Gasteiger partial charge in [-0.15, -0.1) is 0 Å². The molecule has 0 saturated carbocycles. The number of hydrogen-bond acceptors (Lipinski definition) is 3. The Hall–Kier alpha value is -1.78. The maximum absolute atomic E-state index is 11.1. The van der Waals surface area contributed by atoms with Gasteiger partial charge in [-0.1, -0.05) is 12.7 Å². The van der Waals surface area contributed by atoms with E-state index in [1.807, 2.05) is 13.8 Å². The predicted octanol–water partition coefficient (Wildman–Crippen LogP) is 1.76. The molecule has 0 saturated heterocycles. The quantitative estimate of drug-likeness (QED) is 0.722. The van der Waals surface area contributed by atoms with E-state index in [4.69, 9.17) is 4.74 Å². The second-order valence-corrected chi connectivity index (χ2v) is 2.83. The summed E-state index contributed by atoms with van der Waals surface area (Å²) >= 11 is 0. The van der Waals surface area contributed by atoms with Gasteiger partial charge in [-0.25, -0.2) is 4.79 Å². The molecule has 1 aromatic heterocycles. The molecule has 1 amide bonds. The Morgan fingerprint density at radius 1 is 1.71 bits per heavy atom. The van der Waals surface area contributed by atoms with Gasteiger partial charge >= 0.3 is 6.09 Å². The second kappa shape index (κ2) is 4.45. The number of hydrogen-bond donors (Lipinski definition) is 2. The number of amides is 1. The smallest absolute Gasteiger partial charge is 0.413 e. The van der Waals surface area contributed by atoms with Gasteiger partial charge < -0.3 is 4.74 Å². The van der Waals surface area contributed by atoms with Gasteiger partial charge in [0.1, 0.15) is 6.61 Å². The van der Waals surface area contributed by atoms with Gasteiger partial charge in [0.15, 0.2) is 5.82 Å². The van der Waals surface area contributed by atoms with Crippen molar-refractivity contribution in [3.8, 4) is 0 Å². The molecule has 76 valence electrons. The first kappa shape index (κ1) is 10.3. The zero-order valence-electron chi connectivity index (χ0n) is 8.26. The van der Waals surface area contributed by atoms with Gasteiger partial charge in [-0.3, -0.25) is 10.4 Å². The van der Waals surface area contributed by atoms with Gasteiger partial charge in [0.25, 0.3) is 0 Å². The number of H-pyrrole nitrogens is 1. The fraction of sp³-hybridized carbons (Fsp3) is 0.333. The molecule has 1 heterocycles. The van der Waals surface area contributed by atoms with Crippen molar-refractivity contribution < 1.29 is 9.53 Å². The van der Waals surface area contributed by atoms with E-state index in [9.17, 15) is 4.79 Å². The number of nitrogens with one attached hydrogen (secondary N) is 2. The molecular formula is C9H13N3O2. The van der Waals surface area contributed by atoms with E-state index in [0.717, 1.165) is 11.3 Å². The fourth-order valence-corrected chi connectivity index (χ4v) is 0.874. The molecule has 0 bridgehead atoms. The van der Waals surface area contributed by atoms with Crippen molar-refractivity contribution in [2.75, 3.05) is 11.9 Å². The van der Waals surface area contributed by atoms with Crippen LogP contribution in [0.25, 0.3) is 0 Å². The monoisotopic (exact) mass is 195 g/mol. The van der Waals surface area contributed by atoms with E-state index < -0.39 is 6.09 Å². The number of anilines is 1. The average Bonchev–Trinajstić information content (AvgIpc) is 2.46. The van der Waals surface area contributed by atoms with E-state index in [0.29, 0.717) is 5.82 Å². The third-order valence-electron chi connectivity index (χ3n) is 1.81. The molecule has 5 heteroatoms. The summed E-state index contributed by atoms with van der Waals surface area (Å²) < 4.78 is 4.74. The minimum absolute atomic E-state index is 0.189. The first-order valence-corrected chi connectivity index (χ1v) is 4.21. The summed E-state index contributed by atoms with van der Waals surface area (Å²) in [5.74, 6) is 0.497. The van der Waals surface area contributed by atoms with Crippen molar-refractivity contribution in [2.24, 2.45) is 0 Å². The van der Waals surface area contributed by atoms with Crippen molar-refractivity contribution >= 4 is 11.9 Å². The Labute approximate surface area is 82.2 Å². The summed E-state index contributed by atoms with van der Waals surface area (Å²) in [6, 6.07) is 0. The third-order valence-corrected chi connectivity index (χ3v) is 1.81. The van der Waals surface area contributed by atoms with E-state index in [1.165, 1.54) is 6.08 Å². The van der Waals surface area contributed by atoms with Crippen LogP contribution >= 0.6 is 0 Å². The van der Waals surface area contributed by atoms with Crippen LogP contribution in [-0.2, 0) is 4.74 Å². The van der Waals surface area contributed by atoms with Crippen LogP contribution in [0, 0.1) is 13.8 Å². The number of carbonyl (C=O) groups is 1. The molecule has 0 fully saturated rings. The van der Waals surface area contributed by atoms with Crippen LogP contribution in [-0.4, -0.2) is 22.9 Å². The molecule has 1 aromatic rings. The zero-order chi connectivity index (χ0) is 10.6. The number of rotatable bonds is 3. The van der Waals surface area contributed by atoms with Crippen LogP contribution in [0.5, 0.6) is 0 Å². The molecule has 0 aliphatic heterocycles. The molecule has 0 unspecified atom stereocenters. The highest BCUT2D eigenvalue weighted by Crippen LogP contribution is 2.13. The van der Waals surface area contributed by atoms with Crippen molar-refractivity contribution in [3.05, 3.63) is 23.9 Å².